The number of anilines is 1. The lowest BCUT2D eigenvalue weighted by atomic mass is 9.76. The summed E-state index contributed by atoms with van der Waals surface area (Å²) in [4.78, 5) is 36.4. The summed E-state index contributed by atoms with van der Waals surface area (Å²) in [5.41, 5.74) is 0.628. The topological polar surface area (TPSA) is 68.8 Å². The van der Waals surface area contributed by atoms with Gasteiger partial charge in [-0.15, -0.1) is 0 Å². The third-order valence-corrected chi connectivity index (χ3v) is 7.68. The lowest BCUT2D eigenvalue weighted by Gasteiger charge is -2.52. The minimum absolute atomic E-state index is 0.0390. The number of likely N-dealkylation sites (tertiary alicyclic amines) is 1. The highest BCUT2D eigenvalue weighted by atomic mass is 16.2. The van der Waals surface area contributed by atoms with Crippen molar-refractivity contribution in [2.24, 2.45) is 11.8 Å². The van der Waals surface area contributed by atoms with E-state index in [0.717, 1.165) is 64.3 Å². The van der Waals surface area contributed by atoms with Crippen molar-refractivity contribution < 1.29 is 9.59 Å². The Morgan fingerprint density at radius 3 is 2.77 bits per heavy atom. The Morgan fingerprint density at radius 2 is 1.97 bits per heavy atom. The van der Waals surface area contributed by atoms with Gasteiger partial charge in [-0.25, -0.2) is 4.98 Å². The van der Waals surface area contributed by atoms with E-state index in [1.165, 1.54) is 25.7 Å². The van der Waals surface area contributed by atoms with Gasteiger partial charge in [-0.2, -0.15) is 0 Å². The van der Waals surface area contributed by atoms with Crippen molar-refractivity contribution in [2.45, 2.75) is 51.0 Å². The number of rotatable bonds is 5. The number of hydrogen-bond acceptors (Lipinski definition) is 5. The summed E-state index contributed by atoms with van der Waals surface area (Å²) >= 11 is 0. The molecule has 7 nitrogen and oxygen atoms in total. The molecule has 7 heteroatoms. The van der Waals surface area contributed by atoms with Crippen LogP contribution in [0.2, 0.25) is 0 Å². The number of amides is 2. The molecule has 0 aliphatic carbocycles. The Morgan fingerprint density at radius 1 is 1.10 bits per heavy atom. The molecule has 2 amide bonds. The summed E-state index contributed by atoms with van der Waals surface area (Å²) < 4.78 is 0. The molecule has 5 heterocycles. The van der Waals surface area contributed by atoms with Crippen molar-refractivity contribution in [3.8, 4) is 0 Å². The first-order valence-electron chi connectivity index (χ1n) is 12.2. The van der Waals surface area contributed by atoms with E-state index in [1.807, 2.05) is 12.1 Å². The van der Waals surface area contributed by atoms with Crippen LogP contribution in [0.4, 0.5) is 5.82 Å². The van der Waals surface area contributed by atoms with E-state index in [2.05, 4.69) is 25.0 Å². The minimum atomic E-state index is -0.0390. The summed E-state index contributed by atoms with van der Waals surface area (Å²) in [6.07, 6.45) is 9.70. The Kier molecular flexibility index (Phi) is 6.12. The van der Waals surface area contributed by atoms with Crippen molar-refractivity contribution in [1.82, 2.24) is 20.1 Å². The lowest BCUT2D eigenvalue weighted by molar-refractivity contribution is -0.142. The van der Waals surface area contributed by atoms with Crippen molar-refractivity contribution in [1.29, 1.82) is 0 Å². The third kappa shape index (κ3) is 4.56. The van der Waals surface area contributed by atoms with Gasteiger partial charge in [-0.1, -0.05) is 6.42 Å². The molecule has 0 spiro atoms. The predicted molar refractivity (Wildman–Crippen MR) is 120 cm³/mol. The van der Waals surface area contributed by atoms with E-state index < -0.39 is 0 Å². The number of piperidine rings is 4. The Bertz CT molecular complexity index is 792. The van der Waals surface area contributed by atoms with Gasteiger partial charge in [-0.3, -0.25) is 9.59 Å². The van der Waals surface area contributed by atoms with Crippen LogP contribution in [-0.4, -0.2) is 78.5 Å². The van der Waals surface area contributed by atoms with E-state index in [-0.39, 0.29) is 5.91 Å². The molecule has 168 valence electrons. The molecule has 1 aromatic heterocycles. The molecule has 4 aliphatic rings. The molecular formula is C24H35N5O2. The molecule has 3 atom stereocenters. The molecule has 0 radical (unpaired) electrons. The summed E-state index contributed by atoms with van der Waals surface area (Å²) in [5, 5.41) is 3.04. The van der Waals surface area contributed by atoms with Crippen molar-refractivity contribution >= 4 is 17.6 Å². The molecule has 2 bridgehead atoms. The van der Waals surface area contributed by atoms with Gasteiger partial charge in [0.05, 0.1) is 5.56 Å². The Hall–Kier alpha value is -2.15. The SMILES string of the molecule is O=C(NCCN1CCCCC1)c1ccc(N2C[C@H]3C[C@H](C2)[C@H]2CCCC(=O)N2C3)nc1. The number of nitrogens with zero attached hydrogens (tertiary/aromatic N) is 4. The van der Waals surface area contributed by atoms with Gasteiger partial charge < -0.3 is 20.0 Å². The first-order chi connectivity index (χ1) is 15.2. The quantitative estimate of drug-likeness (QED) is 0.783. The Balaban J connectivity index is 1.16. The number of carbonyl (C=O) groups excluding carboxylic acids is 2. The average molecular weight is 426 g/mol. The molecule has 4 aliphatic heterocycles. The number of nitrogens with one attached hydrogen (secondary N) is 1. The highest BCUT2D eigenvalue weighted by Crippen LogP contribution is 2.38. The third-order valence-electron chi connectivity index (χ3n) is 7.68. The maximum absolute atomic E-state index is 12.5. The number of carbonyl (C=O) groups is 2. The first kappa shape index (κ1) is 20.7. The highest BCUT2D eigenvalue weighted by molar-refractivity contribution is 5.94. The summed E-state index contributed by atoms with van der Waals surface area (Å²) in [5.74, 6) is 2.33. The number of pyridine rings is 1. The van der Waals surface area contributed by atoms with Crippen LogP contribution >= 0.6 is 0 Å². The van der Waals surface area contributed by atoms with Crippen molar-refractivity contribution in [3.63, 3.8) is 0 Å². The van der Waals surface area contributed by atoms with Crippen LogP contribution in [-0.2, 0) is 4.79 Å². The van der Waals surface area contributed by atoms with E-state index in [4.69, 9.17) is 0 Å². The van der Waals surface area contributed by atoms with Crippen LogP contribution in [0.3, 0.4) is 0 Å². The van der Waals surface area contributed by atoms with Crippen LogP contribution in [0, 0.1) is 11.8 Å². The van der Waals surface area contributed by atoms with Crippen LogP contribution in [0.25, 0.3) is 0 Å². The smallest absolute Gasteiger partial charge is 0.252 e. The average Bonchev–Trinajstić information content (AvgIpc) is 2.80. The van der Waals surface area contributed by atoms with Gasteiger partial charge in [0.15, 0.2) is 0 Å². The van der Waals surface area contributed by atoms with Crippen molar-refractivity contribution in [3.05, 3.63) is 23.9 Å². The maximum Gasteiger partial charge on any atom is 0.252 e. The minimum Gasteiger partial charge on any atom is -0.356 e. The van der Waals surface area contributed by atoms with Crippen LogP contribution < -0.4 is 10.2 Å². The monoisotopic (exact) mass is 425 g/mol. The number of aromatic nitrogens is 1. The predicted octanol–water partition coefficient (Wildman–Crippen LogP) is 2.13. The van der Waals surface area contributed by atoms with Gasteiger partial charge in [0, 0.05) is 51.4 Å². The zero-order valence-electron chi connectivity index (χ0n) is 18.5. The van der Waals surface area contributed by atoms with Gasteiger partial charge >= 0.3 is 0 Å². The van der Waals surface area contributed by atoms with Crippen LogP contribution in [0.15, 0.2) is 18.3 Å². The molecule has 5 rings (SSSR count). The van der Waals surface area contributed by atoms with E-state index in [1.54, 1.807) is 6.20 Å². The summed E-state index contributed by atoms with van der Waals surface area (Å²) in [7, 11) is 0. The van der Waals surface area contributed by atoms with Gasteiger partial charge in [0.25, 0.3) is 5.91 Å². The molecular weight excluding hydrogens is 390 g/mol. The van der Waals surface area contributed by atoms with Crippen LogP contribution in [0.1, 0.15) is 55.3 Å². The maximum atomic E-state index is 12.5. The van der Waals surface area contributed by atoms with Crippen LogP contribution in [0.5, 0.6) is 0 Å². The first-order valence-corrected chi connectivity index (χ1v) is 12.2. The fraction of sp³-hybridized carbons (Fsp3) is 0.708. The van der Waals surface area contributed by atoms with Gasteiger partial charge in [0.2, 0.25) is 5.91 Å². The molecule has 31 heavy (non-hydrogen) atoms. The zero-order chi connectivity index (χ0) is 21.2. The highest BCUT2D eigenvalue weighted by Gasteiger charge is 2.44. The largest absolute Gasteiger partial charge is 0.356 e. The molecule has 4 fully saturated rings. The summed E-state index contributed by atoms with van der Waals surface area (Å²) in [6.45, 7) is 6.71. The molecule has 1 aromatic rings. The lowest BCUT2D eigenvalue weighted by Crippen LogP contribution is -2.60. The molecule has 1 N–H and O–H groups in total. The molecule has 0 unspecified atom stereocenters. The zero-order valence-corrected chi connectivity index (χ0v) is 18.5. The summed E-state index contributed by atoms with van der Waals surface area (Å²) in [6, 6.07) is 4.30. The second-order valence-electron chi connectivity index (χ2n) is 9.84. The number of fused-ring (bicyclic) bond motifs is 4. The second kappa shape index (κ2) is 9.15. The molecule has 0 aromatic carbocycles. The fourth-order valence-electron chi connectivity index (χ4n) is 6.12. The standard InChI is InChI=1S/C24H35N5O2/c30-23-6-4-5-21-20-13-18(16-29(21)23)15-28(17-20)22-8-7-19(14-26-22)24(31)25-9-12-27-10-2-1-3-11-27/h7-8,14,18,20-21H,1-6,9-13,15-17H2,(H,25,31)/t18-,20-,21-/m1/s1. The van der Waals surface area contributed by atoms with E-state index in [0.29, 0.717) is 35.9 Å². The fourth-order valence-corrected chi connectivity index (χ4v) is 6.12. The van der Waals surface area contributed by atoms with Crippen molar-refractivity contribution in [2.75, 3.05) is 50.7 Å². The van der Waals surface area contributed by atoms with Gasteiger partial charge in [0.1, 0.15) is 5.82 Å². The molecule has 4 saturated heterocycles. The van der Waals surface area contributed by atoms with E-state index >= 15 is 0 Å². The Labute approximate surface area is 185 Å². The molecule has 0 saturated carbocycles. The normalized spacial score (nSPS) is 28.9. The van der Waals surface area contributed by atoms with Gasteiger partial charge in [-0.05, 0) is 69.2 Å². The van der Waals surface area contributed by atoms with E-state index in [9.17, 15) is 9.59 Å². The number of hydrogen-bond donors (Lipinski definition) is 1. The second-order valence-corrected chi connectivity index (χ2v) is 9.84.